The van der Waals surface area contributed by atoms with Gasteiger partial charge in [0.15, 0.2) is 0 Å². The maximum Gasteiger partial charge on any atom is 0.0309 e. The minimum atomic E-state index is 0.435. The SMILES string of the molecule is Cc1cccc(C)c1C(Pc1ccccc1)c1ccccc1. The van der Waals surface area contributed by atoms with Crippen LogP contribution in [0.25, 0.3) is 0 Å². The minimum Gasteiger partial charge on any atom is -0.0781 e. The van der Waals surface area contributed by atoms with E-state index < -0.39 is 0 Å². The number of aryl methyl sites for hydroxylation is 2. The van der Waals surface area contributed by atoms with Crippen LogP contribution in [-0.4, -0.2) is 0 Å². The van der Waals surface area contributed by atoms with E-state index in [0.717, 1.165) is 8.58 Å². The molecule has 1 heteroatoms. The van der Waals surface area contributed by atoms with Gasteiger partial charge in [-0.05, 0) is 41.4 Å². The molecule has 0 heterocycles. The van der Waals surface area contributed by atoms with E-state index in [0.29, 0.717) is 5.66 Å². The Kier molecular flexibility index (Phi) is 4.71. The van der Waals surface area contributed by atoms with Crippen LogP contribution >= 0.6 is 8.58 Å². The van der Waals surface area contributed by atoms with Gasteiger partial charge < -0.3 is 0 Å². The standard InChI is InChI=1S/C21H21P/c1-16-10-9-11-17(2)20(16)21(18-12-5-3-6-13-18)22-19-14-7-4-8-15-19/h3-15,21-22H,1-2H3. The van der Waals surface area contributed by atoms with Gasteiger partial charge in [0.25, 0.3) is 0 Å². The van der Waals surface area contributed by atoms with Crippen LogP contribution in [0.2, 0.25) is 0 Å². The molecule has 0 aliphatic carbocycles. The van der Waals surface area contributed by atoms with Crippen molar-refractivity contribution in [3.05, 3.63) is 101 Å². The lowest BCUT2D eigenvalue weighted by Crippen LogP contribution is -2.05. The van der Waals surface area contributed by atoms with Crippen LogP contribution < -0.4 is 5.30 Å². The molecule has 2 unspecified atom stereocenters. The van der Waals surface area contributed by atoms with Gasteiger partial charge in [-0.25, -0.2) is 0 Å². The number of hydrogen-bond donors (Lipinski definition) is 0. The topological polar surface area (TPSA) is 0 Å². The van der Waals surface area contributed by atoms with Gasteiger partial charge in [0.1, 0.15) is 0 Å². The number of benzene rings is 3. The Morgan fingerprint density at radius 2 is 1.18 bits per heavy atom. The lowest BCUT2D eigenvalue weighted by atomic mass is 9.95. The molecule has 3 aromatic carbocycles. The Labute approximate surface area is 135 Å². The van der Waals surface area contributed by atoms with Crippen molar-refractivity contribution in [3.8, 4) is 0 Å². The molecule has 110 valence electrons. The van der Waals surface area contributed by atoms with E-state index in [2.05, 4.69) is 92.7 Å². The third kappa shape index (κ3) is 3.29. The first-order valence-electron chi connectivity index (χ1n) is 7.68. The molecule has 22 heavy (non-hydrogen) atoms. The highest BCUT2D eigenvalue weighted by atomic mass is 31.1. The first-order valence-corrected chi connectivity index (χ1v) is 8.76. The summed E-state index contributed by atoms with van der Waals surface area (Å²) >= 11 is 0. The van der Waals surface area contributed by atoms with Crippen LogP contribution in [0.5, 0.6) is 0 Å². The van der Waals surface area contributed by atoms with Crippen LogP contribution in [0, 0.1) is 13.8 Å². The normalized spacial score (nSPS) is 12.6. The molecule has 0 aliphatic heterocycles. The van der Waals surface area contributed by atoms with Crippen molar-refractivity contribution >= 4 is 13.9 Å². The summed E-state index contributed by atoms with van der Waals surface area (Å²) in [5.41, 5.74) is 6.09. The van der Waals surface area contributed by atoms with Gasteiger partial charge in [0.05, 0.1) is 0 Å². The zero-order valence-corrected chi connectivity index (χ0v) is 14.1. The Balaban J connectivity index is 2.07. The van der Waals surface area contributed by atoms with Crippen LogP contribution in [0.3, 0.4) is 0 Å². The third-order valence-electron chi connectivity index (χ3n) is 4.05. The highest BCUT2D eigenvalue weighted by Crippen LogP contribution is 2.42. The highest BCUT2D eigenvalue weighted by Gasteiger charge is 2.18. The summed E-state index contributed by atoms with van der Waals surface area (Å²) in [4.78, 5) is 0. The summed E-state index contributed by atoms with van der Waals surface area (Å²) in [6.07, 6.45) is 0. The van der Waals surface area contributed by atoms with Crippen molar-refractivity contribution < 1.29 is 0 Å². The fraction of sp³-hybridized carbons (Fsp3) is 0.143. The quantitative estimate of drug-likeness (QED) is 0.566. The van der Waals surface area contributed by atoms with E-state index in [-0.39, 0.29) is 0 Å². The Morgan fingerprint density at radius 1 is 0.636 bits per heavy atom. The second kappa shape index (κ2) is 6.90. The van der Waals surface area contributed by atoms with Gasteiger partial charge in [-0.2, -0.15) is 0 Å². The van der Waals surface area contributed by atoms with Crippen molar-refractivity contribution in [2.24, 2.45) is 0 Å². The molecule has 3 aromatic rings. The van der Waals surface area contributed by atoms with E-state index in [1.807, 2.05) is 0 Å². The lowest BCUT2D eigenvalue weighted by molar-refractivity contribution is 1.09. The molecule has 0 bridgehead atoms. The van der Waals surface area contributed by atoms with Crippen LogP contribution in [0.1, 0.15) is 27.9 Å². The molecule has 0 fully saturated rings. The largest absolute Gasteiger partial charge is 0.0781 e. The maximum absolute atomic E-state index is 2.26. The molecular formula is C21H21P. The predicted octanol–water partition coefficient (Wildman–Crippen LogP) is 5.40. The van der Waals surface area contributed by atoms with Gasteiger partial charge in [0.2, 0.25) is 0 Å². The van der Waals surface area contributed by atoms with E-state index in [9.17, 15) is 0 Å². The average Bonchev–Trinajstić information content (AvgIpc) is 2.55. The summed E-state index contributed by atoms with van der Waals surface area (Å²) in [6.45, 7) is 4.46. The van der Waals surface area contributed by atoms with E-state index >= 15 is 0 Å². The van der Waals surface area contributed by atoms with Crippen LogP contribution in [-0.2, 0) is 0 Å². The second-order valence-corrected chi connectivity index (χ2v) is 7.10. The fourth-order valence-corrected chi connectivity index (χ4v) is 4.63. The fourth-order valence-electron chi connectivity index (χ4n) is 2.95. The summed E-state index contributed by atoms with van der Waals surface area (Å²) < 4.78 is 0. The van der Waals surface area contributed by atoms with Crippen LogP contribution in [0.15, 0.2) is 78.9 Å². The van der Waals surface area contributed by atoms with Gasteiger partial charge in [-0.1, -0.05) is 87.4 Å². The molecule has 3 rings (SSSR count). The van der Waals surface area contributed by atoms with Crippen molar-refractivity contribution in [3.63, 3.8) is 0 Å². The first kappa shape index (κ1) is 15.0. The number of rotatable bonds is 4. The van der Waals surface area contributed by atoms with Crippen molar-refractivity contribution in [1.82, 2.24) is 0 Å². The zero-order valence-electron chi connectivity index (χ0n) is 13.1. The van der Waals surface area contributed by atoms with Gasteiger partial charge in [-0.15, -0.1) is 0 Å². The van der Waals surface area contributed by atoms with Crippen molar-refractivity contribution in [2.75, 3.05) is 0 Å². The van der Waals surface area contributed by atoms with Crippen molar-refractivity contribution in [1.29, 1.82) is 0 Å². The highest BCUT2D eigenvalue weighted by molar-refractivity contribution is 7.47. The van der Waals surface area contributed by atoms with E-state index in [1.54, 1.807) is 0 Å². The Bertz CT molecular complexity index is 712. The predicted molar refractivity (Wildman–Crippen MR) is 98.6 cm³/mol. The molecule has 0 radical (unpaired) electrons. The van der Waals surface area contributed by atoms with Gasteiger partial charge in [-0.3, -0.25) is 0 Å². The molecule has 0 aliphatic rings. The molecule has 0 saturated heterocycles. The molecule has 2 atom stereocenters. The second-order valence-electron chi connectivity index (χ2n) is 5.66. The number of hydrogen-bond acceptors (Lipinski definition) is 0. The maximum atomic E-state index is 2.26. The Hall–Kier alpha value is -1.91. The van der Waals surface area contributed by atoms with E-state index in [1.165, 1.54) is 27.6 Å². The first-order chi connectivity index (χ1) is 10.8. The molecular weight excluding hydrogens is 283 g/mol. The summed E-state index contributed by atoms with van der Waals surface area (Å²) in [6, 6.07) is 28.3. The average molecular weight is 304 g/mol. The summed E-state index contributed by atoms with van der Waals surface area (Å²) in [7, 11) is 0.743. The smallest absolute Gasteiger partial charge is 0.0309 e. The zero-order chi connectivity index (χ0) is 15.4. The molecule has 0 saturated carbocycles. The lowest BCUT2D eigenvalue weighted by Gasteiger charge is -2.22. The minimum absolute atomic E-state index is 0.435. The Morgan fingerprint density at radius 3 is 1.77 bits per heavy atom. The molecule has 0 amide bonds. The molecule has 0 nitrogen and oxygen atoms in total. The van der Waals surface area contributed by atoms with E-state index in [4.69, 9.17) is 0 Å². The van der Waals surface area contributed by atoms with Gasteiger partial charge in [0, 0.05) is 5.66 Å². The van der Waals surface area contributed by atoms with Crippen LogP contribution in [0.4, 0.5) is 0 Å². The third-order valence-corrected chi connectivity index (χ3v) is 5.63. The summed E-state index contributed by atoms with van der Waals surface area (Å²) in [5, 5.41) is 1.42. The molecule has 0 aromatic heterocycles. The molecule has 0 spiro atoms. The molecule has 0 N–H and O–H groups in total. The van der Waals surface area contributed by atoms with Crippen molar-refractivity contribution in [2.45, 2.75) is 19.5 Å². The van der Waals surface area contributed by atoms with Gasteiger partial charge >= 0.3 is 0 Å². The monoisotopic (exact) mass is 304 g/mol. The summed E-state index contributed by atoms with van der Waals surface area (Å²) in [5.74, 6) is 0.